The molecule has 0 saturated carbocycles. The number of nitrogens with two attached hydrogens (primary N) is 2. The number of hydrogen-bond donors (Lipinski definition) is 8. The van der Waals surface area contributed by atoms with Crippen molar-refractivity contribution in [3.63, 3.8) is 0 Å². The quantitative estimate of drug-likeness (QED) is 0.138. The minimum atomic E-state index is -1.72. The maximum atomic E-state index is 12.3. The molecule has 10 N–H and O–H groups in total. The van der Waals surface area contributed by atoms with Crippen LogP contribution >= 0.6 is 0 Å². The van der Waals surface area contributed by atoms with Crippen molar-refractivity contribution in [2.24, 2.45) is 11.5 Å². The average molecular weight is 405 g/mol. The fourth-order valence-corrected chi connectivity index (χ4v) is 2.07. The summed E-state index contributed by atoms with van der Waals surface area (Å²) in [5, 5.41) is 33.3. The Morgan fingerprint density at radius 1 is 0.857 bits per heavy atom. The molecule has 0 saturated heterocycles. The lowest BCUT2D eigenvalue weighted by Crippen LogP contribution is -2.55. The second kappa shape index (κ2) is 12.6. The molecule has 0 radical (unpaired) electrons. The number of aliphatic hydroxyl groups is 3. The van der Waals surface area contributed by atoms with Crippen molar-refractivity contribution in [3.05, 3.63) is 0 Å². The van der Waals surface area contributed by atoms with Gasteiger partial charge in [-0.25, -0.2) is 0 Å². The molecule has 0 aliphatic rings. The van der Waals surface area contributed by atoms with E-state index in [2.05, 4.69) is 16.0 Å². The predicted molar refractivity (Wildman–Crippen MR) is 93.6 cm³/mol. The zero-order valence-electron chi connectivity index (χ0n) is 15.4. The van der Waals surface area contributed by atoms with Gasteiger partial charge in [0.25, 0.3) is 0 Å². The molecular weight excluding hydrogens is 378 g/mol. The lowest BCUT2D eigenvalue weighted by molar-refractivity contribution is -0.134. The van der Waals surface area contributed by atoms with E-state index in [0.717, 1.165) is 0 Å². The third-order valence-corrected chi connectivity index (χ3v) is 3.60. The Morgan fingerprint density at radius 2 is 1.46 bits per heavy atom. The number of carbonyl (C=O) groups excluding carboxylic acids is 5. The van der Waals surface area contributed by atoms with Crippen molar-refractivity contribution in [2.75, 3.05) is 6.61 Å². The van der Waals surface area contributed by atoms with Crippen LogP contribution in [-0.4, -0.2) is 75.9 Å². The summed E-state index contributed by atoms with van der Waals surface area (Å²) < 4.78 is 0. The molecule has 0 aromatic rings. The maximum Gasteiger partial charge on any atom is 0.246 e. The molecule has 0 spiro atoms. The van der Waals surface area contributed by atoms with Crippen LogP contribution in [0.4, 0.5) is 0 Å². The summed E-state index contributed by atoms with van der Waals surface area (Å²) in [5.74, 6) is -4.05. The molecule has 0 bridgehead atoms. The molecule has 0 fully saturated rings. The molecule has 13 nitrogen and oxygen atoms in total. The van der Waals surface area contributed by atoms with Crippen LogP contribution in [0.5, 0.6) is 0 Å². The van der Waals surface area contributed by atoms with Gasteiger partial charge in [-0.2, -0.15) is 0 Å². The van der Waals surface area contributed by atoms with Crippen molar-refractivity contribution in [1.82, 2.24) is 16.0 Å². The van der Waals surface area contributed by atoms with E-state index >= 15 is 0 Å². The number of hydrogen-bond acceptors (Lipinski definition) is 8. The first kappa shape index (κ1) is 25.2. The largest absolute Gasteiger partial charge is 0.387 e. The van der Waals surface area contributed by atoms with Gasteiger partial charge in [-0.1, -0.05) is 0 Å². The summed E-state index contributed by atoms with van der Waals surface area (Å²) in [6, 6.07) is -3.57. The molecule has 5 amide bonds. The van der Waals surface area contributed by atoms with Gasteiger partial charge >= 0.3 is 0 Å². The van der Waals surface area contributed by atoms with E-state index in [1.807, 2.05) is 0 Å². The third-order valence-electron chi connectivity index (χ3n) is 3.60. The normalized spacial score (nSPS) is 13.9. The van der Waals surface area contributed by atoms with Crippen LogP contribution in [0.3, 0.4) is 0 Å². The first-order valence-corrected chi connectivity index (χ1v) is 8.42. The molecule has 0 aromatic heterocycles. The number of nitrogens with one attached hydrogen (secondary N) is 3. The van der Waals surface area contributed by atoms with Crippen LogP contribution in [0.15, 0.2) is 0 Å². The van der Waals surface area contributed by atoms with Crippen LogP contribution in [0, 0.1) is 0 Å². The highest BCUT2D eigenvalue weighted by Gasteiger charge is 2.27. The first-order chi connectivity index (χ1) is 13.0. The van der Waals surface area contributed by atoms with Crippen LogP contribution in [0.2, 0.25) is 0 Å². The van der Waals surface area contributed by atoms with Gasteiger partial charge in [-0.05, 0) is 19.8 Å². The van der Waals surface area contributed by atoms with Gasteiger partial charge < -0.3 is 42.7 Å². The monoisotopic (exact) mass is 405 g/mol. The van der Waals surface area contributed by atoms with Crippen molar-refractivity contribution in [2.45, 2.75) is 57.0 Å². The van der Waals surface area contributed by atoms with Gasteiger partial charge in [0.2, 0.25) is 29.5 Å². The smallest absolute Gasteiger partial charge is 0.246 e. The second-order valence-electron chi connectivity index (χ2n) is 6.03. The highest BCUT2D eigenvalue weighted by atomic mass is 16.5. The van der Waals surface area contributed by atoms with E-state index in [1.165, 1.54) is 6.92 Å². The second-order valence-corrected chi connectivity index (χ2v) is 6.03. The lowest BCUT2D eigenvalue weighted by atomic mass is 10.1. The van der Waals surface area contributed by atoms with Crippen molar-refractivity contribution in [1.29, 1.82) is 0 Å². The Hall–Kier alpha value is -2.77. The molecule has 13 heteroatoms. The van der Waals surface area contributed by atoms with Crippen LogP contribution in [-0.2, 0) is 24.0 Å². The first-order valence-electron chi connectivity index (χ1n) is 8.42. The standard InChI is InChI=1S/C15H27N5O8/c1-7(14(27)20-8(13(17)26)2-4-10(16)22)18-15(28)9(3-5-12(24)25)19-11(23)6-21/h7-9,12,21,24-25H,2-6H2,1H3,(H2,16,22)(H2,17,26)(H,18,28)(H,19,23)(H,20,27)/t7-,8?,9?/m0/s1. The fraction of sp³-hybridized carbons (Fsp3) is 0.667. The van der Waals surface area contributed by atoms with E-state index < -0.39 is 60.6 Å². The topological polar surface area (TPSA) is 234 Å². The van der Waals surface area contributed by atoms with Gasteiger partial charge in [0.15, 0.2) is 6.29 Å². The fourth-order valence-electron chi connectivity index (χ4n) is 2.07. The Balaban J connectivity index is 4.89. The minimum Gasteiger partial charge on any atom is -0.387 e. The predicted octanol–water partition coefficient (Wildman–Crippen LogP) is -4.71. The van der Waals surface area contributed by atoms with E-state index in [-0.39, 0.29) is 25.7 Å². The summed E-state index contributed by atoms with van der Waals surface area (Å²) in [4.78, 5) is 57.9. The molecule has 0 aliphatic carbocycles. The number of amides is 5. The summed E-state index contributed by atoms with van der Waals surface area (Å²) in [6.45, 7) is 0.410. The highest BCUT2D eigenvalue weighted by Crippen LogP contribution is 2.02. The zero-order chi connectivity index (χ0) is 21.9. The Labute approximate surface area is 160 Å². The van der Waals surface area contributed by atoms with E-state index in [9.17, 15) is 24.0 Å². The van der Waals surface area contributed by atoms with Gasteiger partial charge in [0, 0.05) is 12.8 Å². The van der Waals surface area contributed by atoms with Gasteiger partial charge in [-0.15, -0.1) is 0 Å². The maximum absolute atomic E-state index is 12.3. The average Bonchev–Trinajstić information content (AvgIpc) is 2.60. The molecule has 3 atom stereocenters. The Bertz CT molecular complexity index is 583. The van der Waals surface area contributed by atoms with Crippen LogP contribution in [0.25, 0.3) is 0 Å². The van der Waals surface area contributed by atoms with Crippen molar-refractivity contribution >= 4 is 29.5 Å². The zero-order valence-corrected chi connectivity index (χ0v) is 15.4. The number of carbonyl (C=O) groups is 5. The summed E-state index contributed by atoms with van der Waals surface area (Å²) in [5.41, 5.74) is 10.1. The van der Waals surface area contributed by atoms with Gasteiger partial charge in [0.1, 0.15) is 24.7 Å². The highest BCUT2D eigenvalue weighted by molar-refractivity contribution is 5.94. The van der Waals surface area contributed by atoms with Crippen LogP contribution < -0.4 is 27.4 Å². The molecule has 28 heavy (non-hydrogen) atoms. The van der Waals surface area contributed by atoms with Crippen molar-refractivity contribution in [3.8, 4) is 0 Å². The van der Waals surface area contributed by atoms with Gasteiger partial charge in [-0.3, -0.25) is 24.0 Å². The minimum absolute atomic E-state index is 0.110. The molecule has 0 heterocycles. The summed E-state index contributed by atoms with van der Waals surface area (Å²) in [7, 11) is 0. The number of primary amides is 2. The molecular formula is C15H27N5O8. The molecule has 2 unspecified atom stereocenters. The summed E-state index contributed by atoms with van der Waals surface area (Å²) >= 11 is 0. The third kappa shape index (κ3) is 10.4. The number of aliphatic hydroxyl groups excluding tert-OH is 2. The molecule has 0 aromatic carbocycles. The molecule has 0 rings (SSSR count). The molecule has 160 valence electrons. The van der Waals surface area contributed by atoms with Gasteiger partial charge in [0.05, 0.1) is 0 Å². The Morgan fingerprint density at radius 3 is 1.93 bits per heavy atom. The van der Waals surface area contributed by atoms with E-state index in [0.29, 0.717) is 0 Å². The van der Waals surface area contributed by atoms with E-state index in [4.69, 9.17) is 26.8 Å². The SMILES string of the molecule is C[C@H](NC(=O)C(CCC(O)O)NC(=O)CO)C(=O)NC(CCC(N)=O)C(N)=O. The van der Waals surface area contributed by atoms with Crippen molar-refractivity contribution < 1.29 is 39.3 Å². The number of rotatable bonds is 13. The lowest BCUT2D eigenvalue weighted by Gasteiger charge is -2.22. The van der Waals surface area contributed by atoms with E-state index in [1.54, 1.807) is 0 Å². The van der Waals surface area contributed by atoms with Crippen LogP contribution in [0.1, 0.15) is 32.6 Å². The Kier molecular flexibility index (Phi) is 11.3. The molecule has 0 aliphatic heterocycles. The summed E-state index contributed by atoms with van der Waals surface area (Å²) in [6.07, 6.45) is -2.44.